The molecule has 10 nitrogen and oxygen atoms in total. The highest BCUT2D eigenvalue weighted by molar-refractivity contribution is 7.49. The lowest BCUT2D eigenvalue weighted by molar-refractivity contribution is 0.0224. The smallest absolute Gasteiger partial charge is 0.404 e. The molecular formula is C24H30N3O7P. The number of phosphoric ester groups is 1. The number of aromatic nitrogens is 2. The van der Waals surface area contributed by atoms with Gasteiger partial charge in [0.05, 0.1) is 22.2 Å². The molecule has 3 aromatic rings. The Hall–Kier alpha value is -3.20. The van der Waals surface area contributed by atoms with Gasteiger partial charge in [-0.05, 0) is 84.0 Å². The number of rotatable bonds is 7. The number of hydrogen-bond acceptors (Lipinski definition) is 8. The van der Waals surface area contributed by atoms with Gasteiger partial charge >= 0.3 is 19.9 Å². The highest BCUT2D eigenvalue weighted by atomic mass is 31.2. The summed E-state index contributed by atoms with van der Waals surface area (Å²) in [5.74, 6) is -0.0136. The van der Waals surface area contributed by atoms with Gasteiger partial charge in [0.1, 0.15) is 5.75 Å². The zero-order chi connectivity index (χ0) is 26.0. The highest BCUT2D eigenvalue weighted by Crippen LogP contribution is 2.55. The number of fused-ring (bicyclic) bond motifs is 1. The molecule has 1 aromatic heterocycles. The number of H-pyrrole nitrogens is 1. The Bertz CT molecular complexity index is 1250. The van der Waals surface area contributed by atoms with E-state index in [4.69, 9.17) is 18.3 Å². The Morgan fingerprint density at radius 3 is 2.03 bits per heavy atom. The molecular weight excluding hydrogens is 473 g/mol. The Morgan fingerprint density at radius 1 is 0.914 bits per heavy atom. The fourth-order valence-electron chi connectivity index (χ4n) is 3.00. The van der Waals surface area contributed by atoms with Crippen molar-refractivity contribution in [2.24, 2.45) is 0 Å². The van der Waals surface area contributed by atoms with E-state index in [1.54, 1.807) is 71.9 Å². The van der Waals surface area contributed by atoms with E-state index in [0.29, 0.717) is 22.2 Å². The third-order valence-corrected chi connectivity index (χ3v) is 6.20. The van der Waals surface area contributed by atoms with Gasteiger partial charge < -0.3 is 19.6 Å². The number of ether oxygens (including phenoxy) is 1. The number of benzene rings is 2. The third-order valence-electron chi connectivity index (χ3n) is 4.22. The molecule has 35 heavy (non-hydrogen) atoms. The van der Waals surface area contributed by atoms with Gasteiger partial charge in [-0.2, -0.15) is 4.98 Å². The molecule has 0 aliphatic rings. The van der Waals surface area contributed by atoms with Crippen molar-refractivity contribution in [3.8, 4) is 11.8 Å². The lowest BCUT2D eigenvalue weighted by Gasteiger charge is -2.30. The molecule has 1 heterocycles. The van der Waals surface area contributed by atoms with Gasteiger partial charge in [0.15, 0.2) is 5.78 Å². The van der Waals surface area contributed by atoms with E-state index in [1.807, 2.05) is 0 Å². The van der Waals surface area contributed by atoms with E-state index in [2.05, 4.69) is 15.3 Å². The van der Waals surface area contributed by atoms with E-state index < -0.39 is 25.1 Å². The zero-order valence-electron chi connectivity index (χ0n) is 20.8. The quantitative estimate of drug-likeness (QED) is 0.314. The van der Waals surface area contributed by atoms with Crippen LogP contribution >= 0.6 is 7.82 Å². The number of phosphoric acid groups is 1. The van der Waals surface area contributed by atoms with Crippen LogP contribution < -0.4 is 14.6 Å². The molecule has 0 aliphatic heterocycles. The van der Waals surface area contributed by atoms with Gasteiger partial charge in [-0.3, -0.25) is 13.8 Å². The Labute approximate surface area is 203 Å². The van der Waals surface area contributed by atoms with E-state index in [1.165, 1.54) is 19.2 Å². The number of carbonyl (C=O) groups is 2. The van der Waals surface area contributed by atoms with Gasteiger partial charge in [0, 0.05) is 18.2 Å². The summed E-state index contributed by atoms with van der Waals surface area (Å²) in [5.41, 5.74) is 0.327. The standard InChI is InChI=1S/C24H30N3O7P/c1-23(2,3)33-35(30,34-24(4,5)6)32-17-11-8-15(9-12-17)20(28)16-10-13-18-19(14-16)27-21(26-18)31-22(29)25-7/h8-14H,1-7H3,(H,25,29)(H,26,27). The number of imidazole rings is 1. The number of amides is 1. The average molecular weight is 503 g/mol. The van der Waals surface area contributed by atoms with Crippen LogP contribution in [0.1, 0.15) is 57.5 Å². The first-order valence-corrected chi connectivity index (χ1v) is 12.4. The van der Waals surface area contributed by atoms with Crippen LogP contribution in [0.15, 0.2) is 42.5 Å². The SMILES string of the molecule is CNC(=O)Oc1nc2ccc(C(=O)c3ccc(OP(=O)(OC(C)(C)C)OC(C)(C)C)cc3)cc2[nH]1. The average Bonchev–Trinajstić information content (AvgIpc) is 3.11. The molecule has 0 bridgehead atoms. The number of carbonyl (C=O) groups excluding carboxylic acids is 2. The van der Waals surface area contributed by atoms with Crippen molar-refractivity contribution in [2.75, 3.05) is 7.05 Å². The Morgan fingerprint density at radius 2 is 1.49 bits per heavy atom. The minimum atomic E-state index is -3.96. The molecule has 2 aromatic carbocycles. The lowest BCUT2D eigenvalue weighted by atomic mass is 10.0. The summed E-state index contributed by atoms with van der Waals surface area (Å²) in [6.07, 6.45) is -0.659. The maximum atomic E-state index is 13.3. The van der Waals surface area contributed by atoms with Crippen molar-refractivity contribution in [1.29, 1.82) is 0 Å². The van der Waals surface area contributed by atoms with Crippen LogP contribution in [-0.2, 0) is 13.6 Å². The molecule has 0 saturated carbocycles. The minimum absolute atomic E-state index is 0.0184. The van der Waals surface area contributed by atoms with Crippen LogP contribution in [0.2, 0.25) is 0 Å². The second kappa shape index (κ2) is 9.81. The van der Waals surface area contributed by atoms with Crippen molar-refractivity contribution in [2.45, 2.75) is 52.7 Å². The molecule has 0 atom stereocenters. The normalized spacial score (nSPS) is 12.4. The number of ketones is 1. The van der Waals surface area contributed by atoms with E-state index in [9.17, 15) is 14.2 Å². The van der Waals surface area contributed by atoms with Gasteiger partial charge in [0.2, 0.25) is 0 Å². The molecule has 0 unspecified atom stereocenters. The monoisotopic (exact) mass is 503 g/mol. The number of aromatic amines is 1. The zero-order valence-corrected chi connectivity index (χ0v) is 21.7. The van der Waals surface area contributed by atoms with Crippen LogP contribution in [0, 0.1) is 0 Å². The predicted octanol–water partition coefficient (Wildman–Crippen LogP) is 5.63. The third kappa shape index (κ3) is 7.39. The highest BCUT2D eigenvalue weighted by Gasteiger charge is 2.38. The minimum Gasteiger partial charge on any atom is -0.404 e. The fourth-order valence-corrected chi connectivity index (χ4v) is 4.84. The van der Waals surface area contributed by atoms with E-state index in [-0.39, 0.29) is 17.5 Å². The first-order valence-electron chi connectivity index (χ1n) is 10.9. The second-order valence-corrected chi connectivity index (χ2v) is 11.2. The predicted molar refractivity (Wildman–Crippen MR) is 131 cm³/mol. The van der Waals surface area contributed by atoms with Crippen LogP contribution in [0.5, 0.6) is 11.8 Å². The number of hydrogen-bond donors (Lipinski definition) is 2. The molecule has 0 saturated heterocycles. The van der Waals surface area contributed by atoms with E-state index in [0.717, 1.165) is 0 Å². The van der Waals surface area contributed by atoms with Crippen molar-refractivity contribution < 1.29 is 32.5 Å². The summed E-state index contributed by atoms with van der Waals surface area (Å²) in [7, 11) is -2.52. The van der Waals surface area contributed by atoms with Crippen molar-refractivity contribution in [3.63, 3.8) is 0 Å². The van der Waals surface area contributed by atoms with E-state index >= 15 is 0 Å². The molecule has 1 amide bonds. The first-order chi connectivity index (χ1) is 16.2. The largest absolute Gasteiger partial charge is 0.531 e. The summed E-state index contributed by atoms with van der Waals surface area (Å²) in [5, 5.41) is 2.33. The molecule has 0 radical (unpaired) electrons. The summed E-state index contributed by atoms with van der Waals surface area (Å²) < 4.78 is 35.2. The fraction of sp³-hybridized carbons (Fsp3) is 0.375. The summed E-state index contributed by atoms with van der Waals surface area (Å²) >= 11 is 0. The lowest BCUT2D eigenvalue weighted by Crippen LogP contribution is -2.25. The van der Waals surface area contributed by atoms with Crippen LogP contribution in [0.3, 0.4) is 0 Å². The second-order valence-electron chi connectivity index (χ2n) is 9.71. The molecule has 0 aliphatic carbocycles. The molecule has 2 N–H and O–H groups in total. The number of nitrogens with one attached hydrogen (secondary N) is 2. The first kappa shape index (κ1) is 26.4. The Balaban J connectivity index is 1.79. The van der Waals surface area contributed by atoms with Crippen LogP contribution in [0.4, 0.5) is 4.79 Å². The van der Waals surface area contributed by atoms with Crippen molar-refractivity contribution >= 4 is 30.7 Å². The van der Waals surface area contributed by atoms with Crippen molar-refractivity contribution in [1.82, 2.24) is 15.3 Å². The summed E-state index contributed by atoms with van der Waals surface area (Å²) in [4.78, 5) is 31.4. The number of nitrogens with zero attached hydrogens (tertiary/aromatic N) is 1. The molecule has 3 rings (SSSR count). The van der Waals surface area contributed by atoms with Gasteiger partial charge in [-0.25, -0.2) is 9.36 Å². The Kier molecular flexibility index (Phi) is 7.40. The van der Waals surface area contributed by atoms with Crippen LogP contribution in [-0.4, -0.2) is 40.1 Å². The molecule has 188 valence electrons. The summed E-state index contributed by atoms with van der Waals surface area (Å²) in [6.45, 7) is 10.5. The topological polar surface area (TPSA) is 129 Å². The molecule has 0 spiro atoms. The maximum Gasteiger partial charge on any atom is 0.531 e. The van der Waals surface area contributed by atoms with Gasteiger partial charge in [-0.15, -0.1) is 0 Å². The molecule has 0 fully saturated rings. The maximum absolute atomic E-state index is 13.3. The molecule has 11 heteroatoms. The van der Waals surface area contributed by atoms with Crippen molar-refractivity contribution in [3.05, 3.63) is 53.6 Å². The van der Waals surface area contributed by atoms with Gasteiger partial charge in [0.25, 0.3) is 0 Å². The summed E-state index contributed by atoms with van der Waals surface area (Å²) in [6, 6.07) is 11.1. The van der Waals surface area contributed by atoms with Gasteiger partial charge in [-0.1, -0.05) is 0 Å². The van der Waals surface area contributed by atoms with Crippen LogP contribution in [0.25, 0.3) is 11.0 Å².